The highest BCUT2D eigenvalue weighted by atomic mass is 32.2. The molecule has 1 aliphatic heterocycles. The standard InChI is InChI=1S/C19H14FN3O4S2/c1-11-9-12(20)4-6-15(11)22-29(26,27)16-7-5-13(28-16)10-23-18(24)14-3-2-8-21-17(14)19(23)25/h2-9,22H,10H2,1H3. The molecular formula is C19H14FN3O4S2. The van der Waals surface area contributed by atoms with Gasteiger partial charge in [-0.3, -0.25) is 24.2 Å². The predicted molar refractivity (Wildman–Crippen MR) is 105 cm³/mol. The van der Waals surface area contributed by atoms with Crippen molar-refractivity contribution < 1.29 is 22.4 Å². The minimum Gasteiger partial charge on any atom is -0.279 e. The van der Waals surface area contributed by atoms with Crippen LogP contribution in [0.1, 0.15) is 31.3 Å². The van der Waals surface area contributed by atoms with Crippen molar-refractivity contribution in [2.24, 2.45) is 0 Å². The Morgan fingerprint density at radius 3 is 2.66 bits per heavy atom. The van der Waals surface area contributed by atoms with Crippen molar-refractivity contribution in [3.05, 3.63) is 76.2 Å². The van der Waals surface area contributed by atoms with E-state index in [1.54, 1.807) is 19.1 Å². The third-order valence-corrected chi connectivity index (χ3v) is 7.31. The van der Waals surface area contributed by atoms with Crippen LogP contribution in [0.4, 0.5) is 10.1 Å². The zero-order valence-electron chi connectivity index (χ0n) is 15.0. The van der Waals surface area contributed by atoms with Crippen molar-refractivity contribution >= 4 is 38.9 Å². The summed E-state index contributed by atoms with van der Waals surface area (Å²) in [5.41, 5.74) is 1.04. The van der Waals surface area contributed by atoms with E-state index in [4.69, 9.17) is 0 Å². The van der Waals surface area contributed by atoms with E-state index >= 15 is 0 Å². The van der Waals surface area contributed by atoms with Gasteiger partial charge in [-0.05, 0) is 55.0 Å². The van der Waals surface area contributed by atoms with Crippen molar-refractivity contribution in [3.63, 3.8) is 0 Å². The second-order valence-corrected chi connectivity index (χ2v) is 9.46. The van der Waals surface area contributed by atoms with Crippen molar-refractivity contribution in [3.8, 4) is 0 Å². The maximum absolute atomic E-state index is 13.2. The Labute approximate surface area is 169 Å². The van der Waals surface area contributed by atoms with Crippen LogP contribution < -0.4 is 4.72 Å². The van der Waals surface area contributed by atoms with Gasteiger partial charge in [0.25, 0.3) is 21.8 Å². The lowest BCUT2D eigenvalue weighted by molar-refractivity contribution is 0.0642. The highest BCUT2D eigenvalue weighted by Crippen LogP contribution is 2.29. The Bertz CT molecular complexity index is 1220. The number of amides is 2. The zero-order valence-corrected chi connectivity index (χ0v) is 16.7. The molecule has 1 aliphatic rings. The lowest BCUT2D eigenvalue weighted by atomic mass is 10.2. The maximum Gasteiger partial charge on any atom is 0.280 e. The molecule has 0 aliphatic carbocycles. The highest BCUT2D eigenvalue weighted by Gasteiger charge is 2.36. The Kier molecular flexibility index (Phi) is 4.67. The Morgan fingerprint density at radius 2 is 1.93 bits per heavy atom. The van der Waals surface area contributed by atoms with Crippen LogP contribution in [0.15, 0.2) is 52.9 Å². The van der Waals surface area contributed by atoms with Crippen molar-refractivity contribution in [1.29, 1.82) is 0 Å². The van der Waals surface area contributed by atoms with Gasteiger partial charge in [0.15, 0.2) is 0 Å². The van der Waals surface area contributed by atoms with E-state index in [1.807, 2.05) is 0 Å². The number of aryl methyl sites for hydroxylation is 1. The Balaban J connectivity index is 1.54. The highest BCUT2D eigenvalue weighted by molar-refractivity contribution is 7.94. The summed E-state index contributed by atoms with van der Waals surface area (Å²) in [7, 11) is -3.90. The minimum absolute atomic E-state index is 0.0194. The molecule has 0 saturated carbocycles. The maximum atomic E-state index is 13.2. The van der Waals surface area contributed by atoms with E-state index in [2.05, 4.69) is 9.71 Å². The van der Waals surface area contributed by atoms with E-state index in [-0.39, 0.29) is 27.7 Å². The molecule has 0 bridgehead atoms. The quantitative estimate of drug-likeness (QED) is 0.626. The molecule has 0 spiro atoms. The number of carbonyl (C=O) groups excluding carboxylic acids is 2. The van der Waals surface area contributed by atoms with Gasteiger partial charge in [0.05, 0.1) is 17.8 Å². The lowest BCUT2D eigenvalue weighted by Gasteiger charge is -2.12. The largest absolute Gasteiger partial charge is 0.280 e. The van der Waals surface area contributed by atoms with Gasteiger partial charge in [-0.15, -0.1) is 11.3 Å². The number of fused-ring (bicyclic) bond motifs is 1. The van der Waals surface area contributed by atoms with E-state index in [9.17, 15) is 22.4 Å². The monoisotopic (exact) mass is 431 g/mol. The van der Waals surface area contributed by atoms with Gasteiger partial charge in [-0.25, -0.2) is 12.8 Å². The Hall–Kier alpha value is -3.11. The summed E-state index contributed by atoms with van der Waals surface area (Å²) in [6.45, 7) is 1.54. The van der Waals surface area contributed by atoms with Crippen LogP contribution in [0.2, 0.25) is 0 Å². The predicted octanol–water partition coefficient (Wildman–Crippen LogP) is 3.19. The van der Waals surface area contributed by atoms with Crippen LogP contribution in [0.5, 0.6) is 0 Å². The van der Waals surface area contributed by atoms with Crippen LogP contribution in [-0.4, -0.2) is 30.1 Å². The van der Waals surface area contributed by atoms with Gasteiger partial charge in [-0.1, -0.05) is 0 Å². The summed E-state index contributed by atoms with van der Waals surface area (Å²) >= 11 is 0.947. The molecule has 0 saturated heterocycles. The molecule has 1 N–H and O–H groups in total. The molecule has 0 fully saturated rings. The average molecular weight is 431 g/mol. The summed E-state index contributed by atoms with van der Waals surface area (Å²) < 4.78 is 41.0. The fourth-order valence-electron chi connectivity index (χ4n) is 2.94. The van der Waals surface area contributed by atoms with Crippen LogP contribution in [0.25, 0.3) is 0 Å². The van der Waals surface area contributed by atoms with Crippen molar-refractivity contribution in [1.82, 2.24) is 9.88 Å². The molecule has 1 aromatic carbocycles. The average Bonchev–Trinajstić information content (AvgIpc) is 3.25. The fourth-order valence-corrected chi connectivity index (χ4v) is 5.41. The van der Waals surface area contributed by atoms with Gasteiger partial charge in [0.2, 0.25) is 0 Å². The topological polar surface area (TPSA) is 96.4 Å². The molecule has 148 valence electrons. The van der Waals surface area contributed by atoms with Gasteiger partial charge >= 0.3 is 0 Å². The number of nitrogens with zero attached hydrogens (tertiary/aromatic N) is 2. The molecule has 4 rings (SSSR count). The van der Waals surface area contributed by atoms with Gasteiger partial charge in [0, 0.05) is 11.1 Å². The first-order chi connectivity index (χ1) is 13.8. The first kappa shape index (κ1) is 19.2. The Morgan fingerprint density at radius 1 is 1.14 bits per heavy atom. The number of hydrogen-bond acceptors (Lipinski definition) is 6. The van der Waals surface area contributed by atoms with E-state index < -0.39 is 27.7 Å². The van der Waals surface area contributed by atoms with E-state index in [0.29, 0.717) is 10.4 Å². The number of benzene rings is 1. The van der Waals surface area contributed by atoms with Gasteiger partial charge in [0.1, 0.15) is 15.7 Å². The molecule has 3 aromatic rings. The molecule has 0 radical (unpaired) electrons. The number of hydrogen-bond donors (Lipinski definition) is 1. The molecule has 0 atom stereocenters. The second kappa shape index (κ2) is 7.05. The molecule has 2 aromatic heterocycles. The van der Waals surface area contributed by atoms with Gasteiger partial charge < -0.3 is 0 Å². The van der Waals surface area contributed by atoms with E-state index in [1.165, 1.54) is 36.5 Å². The number of carbonyl (C=O) groups is 2. The van der Waals surface area contributed by atoms with Crippen LogP contribution in [0, 0.1) is 12.7 Å². The van der Waals surface area contributed by atoms with Crippen LogP contribution in [-0.2, 0) is 16.6 Å². The number of imide groups is 1. The first-order valence-electron chi connectivity index (χ1n) is 8.45. The second-order valence-electron chi connectivity index (χ2n) is 6.38. The van der Waals surface area contributed by atoms with Crippen LogP contribution >= 0.6 is 11.3 Å². The number of sulfonamides is 1. The minimum atomic E-state index is -3.90. The third kappa shape index (κ3) is 3.52. The summed E-state index contributed by atoms with van der Waals surface area (Å²) in [6.07, 6.45) is 1.44. The molecule has 29 heavy (non-hydrogen) atoms. The molecule has 0 unspecified atom stereocenters. The summed E-state index contributed by atoms with van der Waals surface area (Å²) in [5, 5.41) is 0. The third-order valence-electron chi connectivity index (χ3n) is 4.38. The number of thiophene rings is 1. The number of nitrogens with one attached hydrogen (secondary N) is 1. The molecule has 7 nitrogen and oxygen atoms in total. The number of aromatic nitrogens is 1. The van der Waals surface area contributed by atoms with Gasteiger partial charge in [-0.2, -0.15) is 0 Å². The number of pyridine rings is 1. The number of halogens is 1. The molecule has 10 heteroatoms. The first-order valence-corrected chi connectivity index (χ1v) is 10.7. The summed E-state index contributed by atoms with van der Waals surface area (Å²) in [4.78, 5) is 30.3. The lowest BCUT2D eigenvalue weighted by Crippen LogP contribution is -2.28. The molecule has 3 heterocycles. The van der Waals surface area contributed by atoms with Crippen molar-refractivity contribution in [2.75, 3.05) is 4.72 Å². The smallest absolute Gasteiger partial charge is 0.279 e. The normalized spacial score (nSPS) is 13.7. The number of rotatable bonds is 5. The fraction of sp³-hybridized carbons (Fsp3) is 0.105. The summed E-state index contributed by atoms with van der Waals surface area (Å²) in [6, 6.07) is 9.80. The van der Waals surface area contributed by atoms with Crippen molar-refractivity contribution in [2.45, 2.75) is 17.7 Å². The molecular weight excluding hydrogens is 417 g/mol. The molecule has 2 amide bonds. The van der Waals surface area contributed by atoms with Crippen LogP contribution in [0.3, 0.4) is 0 Å². The van der Waals surface area contributed by atoms with E-state index in [0.717, 1.165) is 16.2 Å². The number of anilines is 1. The summed E-state index contributed by atoms with van der Waals surface area (Å²) in [5.74, 6) is -1.43. The SMILES string of the molecule is Cc1cc(F)ccc1NS(=O)(=O)c1ccc(CN2C(=O)c3cccnc3C2=O)s1. The zero-order chi connectivity index (χ0) is 20.8.